The molecular weight excluding hydrogens is 199 g/mol. The summed E-state index contributed by atoms with van der Waals surface area (Å²) in [6, 6.07) is 0. The molecule has 0 aromatic carbocycles. The minimum atomic E-state index is -3.81. The van der Waals surface area contributed by atoms with E-state index in [-0.39, 0.29) is 0 Å². The second kappa shape index (κ2) is 4.38. The second-order valence-electron chi connectivity index (χ2n) is 1.66. The van der Waals surface area contributed by atoms with Crippen LogP contribution in [0.1, 0.15) is 0 Å². The topological polar surface area (TPSA) is 94.8 Å². The first-order valence-electron chi connectivity index (χ1n) is 1.93. The highest BCUT2D eigenvalue weighted by Crippen LogP contribution is 2.26. The van der Waals surface area contributed by atoms with Crippen molar-refractivity contribution in [2.75, 3.05) is 12.5 Å². The van der Waals surface area contributed by atoms with E-state index < -0.39 is 16.6 Å². The van der Waals surface area contributed by atoms with Crippen LogP contribution in [0.2, 0.25) is 0 Å². The van der Waals surface area contributed by atoms with Crippen LogP contribution in [0.4, 0.5) is 0 Å². The van der Waals surface area contributed by atoms with E-state index in [1.165, 1.54) is 0 Å². The van der Waals surface area contributed by atoms with E-state index in [0.29, 0.717) is 0 Å². The van der Waals surface area contributed by atoms with Crippen molar-refractivity contribution < 1.29 is 23.1 Å². The molecule has 0 aromatic heterocycles. The summed E-state index contributed by atoms with van der Waals surface area (Å²) in [5, 5.41) is 0. The highest BCUT2D eigenvalue weighted by molar-refractivity contribution is 8.06. The summed E-state index contributed by atoms with van der Waals surface area (Å²) in [6.45, 7) is -3.81. The monoisotopic (exact) mass is 208 g/mol. The molecule has 0 aliphatic rings. The summed E-state index contributed by atoms with van der Waals surface area (Å²) < 4.78 is 19.3. The molecule has 0 aliphatic heterocycles. The van der Waals surface area contributed by atoms with Gasteiger partial charge in [0.1, 0.15) is 9.84 Å². The molecule has 3 N–H and O–H groups in total. The number of rotatable bonds is 0. The third kappa shape index (κ3) is 2060. The lowest BCUT2D eigenvalue weighted by atomic mass is 11.9. The van der Waals surface area contributed by atoms with Crippen molar-refractivity contribution in [3.8, 4) is 0 Å². The molecule has 0 spiro atoms. The van der Waals surface area contributed by atoms with Crippen LogP contribution in [0.3, 0.4) is 0 Å². The van der Waals surface area contributed by atoms with Crippen LogP contribution in [0, 0.1) is 0 Å². The zero-order chi connectivity index (χ0) is 9.00. The van der Waals surface area contributed by atoms with Gasteiger partial charge in [0, 0.05) is 12.5 Å². The fraction of sp³-hybridized carbons (Fsp3) is 1.00. The molecule has 64 valence electrons. The SMILES string of the molecule is CS(C)(=O)=O.OP(O)(O)=S. The van der Waals surface area contributed by atoms with E-state index >= 15 is 0 Å². The molecule has 10 heavy (non-hydrogen) atoms. The van der Waals surface area contributed by atoms with Crippen LogP contribution in [-0.2, 0) is 21.6 Å². The van der Waals surface area contributed by atoms with Crippen LogP contribution >= 0.6 is 6.72 Å². The zero-order valence-corrected chi connectivity index (χ0v) is 7.95. The molecule has 0 saturated heterocycles. The molecule has 0 amide bonds. The average Bonchev–Trinajstić information content (AvgIpc) is 1.12. The molecule has 5 nitrogen and oxygen atoms in total. The maximum atomic E-state index is 9.63. The molecule has 0 unspecified atom stereocenters. The predicted octanol–water partition coefficient (Wildman–Crippen LogP) is -1.15. The van der Waals surface area contributed by atoms with Crippen molar-refractivity contribution in [2.45, 2.75) is 0 Å². The Morgan fingerprint density at radius 1 is 1.20 bits per heavy atom. The van der Waals surface area contributed by atoms with Crippen LogP contribution in [0.5, 0.6) is 0 Å². The van der Waals surface area contributed by atoms with Crippen molar-refractivity contribution in [1.82, 2.24) is 0 Å². The van der Waals surface area contributed by atoms with Gasteiger partial charge < -0.3 is 14.7 Å². The van der Waals surface area contributed by atoms with Gasteiger partial charge in [0.2, 0.25) is 0 Å². The Balaban J connectivity index is 0. The Labute approximate surface area is 64.5 Å². The van der Waals surface area contributed by atoms with Crippen molar-refractivity contribution in [2.24, 2.45) is 0 Å². The second-order valence-corrected chi connectivity index (χ2v) is 6.44. The molecule has 0 fully saturated rings. The Morgan fingerprint density at radius 3 is 1.20 bits per heavy atom. The van der Waals surface area contributed by atoms with E-state index in [4.69, 9.17) is 14.7 Å². The van der Waals surface area contributed by atoms with E-state index in [1.54, 1.807) is 0 Å². The lowest BCUT2D eigenvalue weighted by Gasteiger charge is -1.88. The third-order valence-corrected chi connectivity index (χ3v) is 0. The zero-order valence-electron chi connectivity index (χ0n) is 5.42. The molecule has 0 aromatic rings. The summed E-state index contributed by atoms with van der Waals surface area (Å²) in [4.78, 5) is 22.7. The number of sulfone groups is 1. The van der Waals surface area contributed by atoms with E-state index in [2.05, 4.69) is 11.8 Å². The lowest BCUT2D eigenvalue weighted by Crippen LogP contribution is -1.86. The molecule has 0 radical (unpaired) electrons. The molecule has 0 heterocycles. The summed E-state index contributed by atoms with van der Waals surface area (Å²) in [7, 11) is -2.67. The molecular formula is C2H9O5PS2. The highest BCUT2D eigenvalue weighted by atomic mass is 32.5. The van der Waals surface area contributed by atoms with Crippen LogP contribution in [-0.4, -0.2) is 35.6 Å². The van der Waals surface area contributed by atoms with Gasteiger partial charge >= 0.3 is 6.72 Å². The summed E-state index contributed by atoms with van der Waals surface area (Å²) in [5.41, 5.74) is 0. The Kier molecular flexibility index (Phi) is 5.73. The van der Waals surface area contributed by atoms with Gasteiger partial charge in [0.15, 0.2) is 0 Å². The quantitative estimate of drug-likeness (QED) is 0.435. The first kappa shape index (κ1) is 13.1. The maximum absolute atomic E-state index is 9.63. The first-order chi connectivity index (χ1) is 4.00. The van der Waals surface area contributed by atoms with Gasteiger partial charge in [-0.25, -0.2) is 8.42 Å². The predicted molar refractivity (Wildman–Crippen MR) is 41.7 cm³/mol. The van der Waals surface area contributed by atoms with E-state index in [0.717, 1.165) is 12.5 Å². The summed E-state index contributed by atoms with van der Waals surface area (Å²) >= 11 is 3.60. The Morgan fingerprint density at radius 2 is 1.20 bits per heavy atom. The highest BCUT2D eigenvalue weighted by Gasteiger charge is 1.92. The molecule has 0 bridgehead atoms. The van der Waals surface area contributed by atoms with Gasteiger partial charge in [0.25, 0.3) is 0 Å². The van der Waals surface area contributed by atoms with Gasteiger partial charge in [-0.15, -0.1) is 0 Å². The van der Waals surface area contributed by atoms with Gasteiger partial charge in [-0.3, -0.25) is 0 Å². The van der Waals surface area contributed by atoms with Gasteiger partial charge in [0.05, 0.1) is 0 Å². The van der Waals surface area contributed by atoms with Crippen LogP contribution in [0.25, 0.3) is 0 Å². The van der Waals surface area contributed by atoms with E-state index in [9.17, 15) is 8.42 Å². The van der Waals surface area contributed by atoms with Crippen LogP contribution < -0.4 is 0 Å². The molecule has 0 rings (SSSR count). The van der Waals surface area contributed by atoms with Gasteiger partial charge in [-0.2, -0.15) is 0 Å². The summed E-state index contributed by atoms with van der Waals surface area (Å²) in [5.74, 6) is 0. The smallest absolute Gasteiger partial charge is 0.319 e. The summed E-state index contributed by atoms with van der Waals surface area (Å²) in [6.07, 6.45) is 2.32. The third-order valence-electron chi connectivity index (χ3n) is 0. The lowest BCUT2D eigenvalue weighted by molar-refractivity contribution is 0.363. The van der Waals surface area contributed by atoms with Crippen LogP contribution in [0.15, 0.2) is 0 Å². The van der Waals surface area contributed by atoms with Crippen molar-refractivity contribution in [3.05, 3.63) is 0 Å². The van der Waals surface area contributed by atoms with Crippen molar-refractivity contribution >= 4 is 28.4 Å². The number of hydrogen-bond acceptors (Lipinski definition) is 3. The Bertz CT molecular complexity index is 196. The minimum absolute atomic E-state index is 1.16. The first-order valence-corrected chi connectivity index (χ1v) is 6.89. The molecule has 0 aliphatic carbocycles. The minimum Gasteiger partial charge on any atom is -0.325 e. The molecule has 0 saturated carbocycles. The van der Waals surface area contributed by atoms with Crippen molar-refractivity contribution in [3.63, 3.8) is 0 Å². The largest absolute Gasteiger partial charge is 0.325 e. The van der Waals surface area contributed by atoms with Gasteiger partial charge in [-0.05, 0) is 11.8 Å². The molecule has 8 heteroatoms. The fourth-order valence-electron chi connectivity index (χ4n) is 0. The maximum Gasteiger partial charge on any atom is 0.319 e. The average molecular weight is 208 g/mol. The normalized spacial score (nSPS) is 11.7. The van der Waals surface area contributed by atoms with Gasteiger partial charge in [-0.1, -0.05) is 0 Å². The Hall–Kier alpha value is 0.480. The van der Waals surface area contributed by atoms with E-state index in [1.807, 2.05) is 0 Å². The fourth-order valence-corrected chi connectivity index (χ4v) is 0. The number of hydrogen-bond donors (Lipinski definition) is 3. The molecule has 0 atom stereocenters. The standard InChI is InChI=1S/C2H6O2S.H3O3PS/c1-5(2,3)4;1-4(2,3)5/h1-2H3;(H3,1,2,3,5). The van der Waals surface area contributed by atoms with Crippen molar-refractivity contribution in [1.29, 1.82) is 0 Å².